The van der Waals surface area contributed by atoms with E-state index in [0.717, 1.165) is 11.5 Å². The molecule has 1 amide bonds. The highest BCUT2D eigenvalue weighted by atomic mass is 32.2. The first-order valence-corrected chi connectivity index (χ1v) is 8.43. The maximum absolute atomic E-state index is 11.7. The molecule has 0 heterocycles. The summed E-state index contributed by atoms with van der Waals surface area (Å²) in [6.45, 7) is 2.04. The maximum Gasteiger partial charge on any atom is 0.326 e. The van der Waals surface area contributed by atoms with Crippen molar-refractivity contribution in [2.24, 2.45) is 5.73 Å². The molecule has 7 heteroatoms. The molecule has 4 N–H and O–H groups in total. The van der Waals surface area contributed by atoms with Gasteiger partial charge in [-0.3, -0.25) is 4.79 Å². The third-order valence-electron chi connectivity index (χ3n) is 2.34. The summed E-state index contributed by atoms with van der Waals surface area (Å²) in [5, 5.41) is 11.5. The van der Waals surface area contributed by atoms with E-state index in [9.17, 15) is 9.59 Å². The number of aliphatic carboxylic acids is 1. The molecule has 5 nitrogen and oxygen atoms in total. The lowest BCUT2D eigenvalue weighted by molar-refractivity contribution is -0.142. The van der Waals surface area contributed by atoms with Crippen LogP contribution in [0.3, 0.4) is 0 Å². The number of carbonyl (C=O) groups is 2. The fourth-order valence-corrected chi connectivity index (χ4v) is 2.44. The van der Waals surface area contributed by atoms with Crippen molar-refractivity contribution < 1.29 is 14.7 Å². The predicted molar refractivity (Wildman–Crippen MR) is 78.2 cm³/mol. The lowest BCUT2D eigenvalue weighted by Crippen LogP contribution is -2.48. The number of thioether (sulfide) groups is 2. The number of hydrogen-bond acceptors (Lipinski definition) is 5. The highest BCUT2D eigenvalue weighted by molar-refractivity contribution is 7.99. The van der Waals surface area contributed by atoms with Crippen molar-refractivity contribution in [2.75, 3.05) is 23.5 Å². The van der Waals surface area contributed by atoms with Crippen molar-refractivity contribution in [1.29, 1.82) is 0 Å². The quantitative estimate of drug-likeness (QED) is 0.516. The number of hydrogen-bond donors (Lipinski definition) is 3. The van der Waals surface area contributed by atoms with Gasteiger partial charge in [0.1, 0.15) is 6.04 Å². The van der Waals surface area contributed by atoms with Gasteiger partial charge in [-0.05, 0) is 36.4 Å². The molecule has 106 valence electrons. The molecule has 0 aromatic carbocycles. The van der Waals surface area contributed by atoms with Gasteiger partial charge in [0.2, 0.25) is 5.91 Å². The van der Waals surface area contributed by atoms with E-state index in [4.69, 9.17) is 10.8 Å². The molecule has 0 fully saturated rings. The smallest absolute Gasteiger partial charge is 0.326 e. The van der Waals surface area contributed by atoms with Crippen LogP contribution in [0.15, 0.2) is 0 Å². The fourth-order valence-electron chi connectivity index (χ4n) is 1.26. The van der Waals surface area contributed by atoms with Gasteiger partial charge in [0.25, 0.3) is 0 Å². The van der Waals surface area contributed by atoms with Crippen molar-refractivity contribution in [2.45, 2.75) is 31.8 Å². The molecule has 0 aromatic heterocycles. The molecule has 0 aliphatic heterocycles. The largest absolute Gasteiger partial charge is 0.480 e. The number of nitrogens with one attached hydrogen (secondary N) is 1. The second kappa shape index (κ2) is 10.5. The van der Waals surface area contributed by atoms with Gasteiger partial charge in [0.05, 0.1) is 6.04 Å². The molecule has 0 radical (unpaired) electrons. The topological polar surface area (TPSA) is 92.4 Å². The van der Waals surface area contributed by atoms with Crippen LogP contribution in [0.4, 0.5) is 0 Å². The summed E-state index contributed by atoms with van der Waals surface area (Å²) < 4.78 is 0. The van der Waals surface area contributed by atoms with Gasteiger partial charge in [-0.1, -0.05) is 6.92 Å². The van der Waals surface area contributed by atoms with E-state index in [1.165, 1.54) is 0 Å². The van der Waals surface area contributed by atoms with E-state index in [0.29, 0.717) is 18.6 Å². The molecule has 0 spiro atoms. The van der Waals surface area contributed by atoms with Crippen LogP contribution in [0, 0.1) is 0 Å². The zero-order valence-electron chi connectivity index (χ0n) is 10.8. The number of nitrogens with two attached hydrogens (primary N) is 1. The Morgan fingerprint density at radius 3 is 2.50 bits per heavy atom. The van der Waals surface area contributed by atoms with Crippen LogP contribution >= 0.6 is 23.5 Å². The van der Waals surface area contributed by atoms with Gasteiger partial charge in [-0.15, -0.1) is 0 Å². The second-order valence-electron chi connectivity index (χ2n) is 3.77. The van der Waals surface area contributed by atoms with E-state index in [-0.39, 0.29) is 5.91 Å². The molecule has 0 unspecified atom stereocenters. The van der Waals surface area contributed by atoms with Crippen LogP contribution in [-0.2, 0) is 9.59 Å². The molecule has 18 heavy (non-hydrogen) atoms. The van der Waals surface area contributed by atoms with Gasteiger partial charge >= 0.3 is 5.97 Å². The van der Waals surface area contributed by atoms with Crippen molar-refractivity contribution in [3.05, 3.63) is 0 Å². The van der Waals surface area contributed by atoms with Crippen LogP contribution in [0.5, 0.6) is 0 Å². The first kappa shape index (κ1) is 17.6. The van der Waals surface area contributed by atoms with Crippen LogP contribution in [0.25, 0.3) is 0 Å². The van der Waals surface area contributed by atoms with Crippen molar-refractivity contribution >= 4 is 35.4 Å². The Kier molecular flexibility index (Phi) is 10.3. The van der Waals surface area contributed by atoms with E-state index in [2.05, 4.69) is 5.32 Å². The lowest BCUT2D eigenvalue weighted by atomic mass is 10.2. The average Bonchev–Trinajstić information content (AvgIpc) is 2.33. The monoisotopic (exact) mass is 294 g/mol. The van der Waals surface area contributed by atoms with Crippen LogP contribution in [0.2, 0.25) is 0 Å². The Morgan fingerprint density at radius 2 is 2.00 bits per heavy atom. The van der Waals surface area contributed by atoms with E-state index in [1.807, 2.05) is 13.2 Å². The first-order valence-electron chi connectivity index (χ1n) is 5.88. The molecule has 2 atom stereocenters. The van der Waals surface area contributed by atoms with Crippen LogP contribution < -0.4 is 11.1 Å². The number of carboxylic acid groups (broad SMARTS) is 1. The van der Waals surface area contributed by atoms with E-state index >= 15 is 0 Å². The Bertz CT molecular complexity index is 265. The number of carboxylic acids is 1. The minimum Gasteiger partial charge on any atom is -0.480 e. The molecule has 0 rings (SSSR count). The highest BCUT2D eigenvalue weighted by Crippen LogP contribution is 2.05. The highest BCUT2D eigenvalue weighted by Gasteiger charge is 2.22. The maximum atomic E-state index is 11.7. The van der Waals surface area contributed by atoms with Crippen LogP contribution in [0.1, 0.15) is 19.8 Å². The van der Waals surface area contributed by atoms with E-state index in [1.54, 1.807) is 23.5 Å². The molecular formula is C11H22N2O3S2. The Morgan fingerprint density at radius 1 is 1.33 bits per heavy atom. The lowest BCUT2D eigenvalue weighted by Gasteiger charge is -2.17. The number of rotatable bonds is 10. The standard InChI is InChI=1S/C11H22N2O3S2/c1-3-18-7-4-8(12)10(14)13-9(11(15)16)5-6-17-2/h8-9H,3-7,12H2,1-2H3,(H,13,14)(H,15,16)/t8-,9-/m0/s1. The van der Waals surface area contributed by atoms with Gasteiger partial charge in [-0.25, -0.2) is 4.79 Å². The van der Waals surface area contributed by atoms with Crippen molar-refractivity contribution in [3.8, 4) is 0 Å². The zero-order valence-corrected chi connectivity index (χ0v) is 12.5. The normalized spacial score (nSPS) is 13.9. The summed E-state index contributed by atoms with van der Waals surface area (Å²) in [6, 6.07) is -1.46. The molecule has 0 bridgehead atoms. The molecule has 0 saturated carbocycles. The molecule has 0 saturated heterocycles. The molecule has 0 aliphatic carbocycles. The summed E-state index contributed by atoms with van der Waals surface area (Å²) in [4.78, 5) is 22.7. The predicted octanol–water partition coefficient (Wildman–Crippen LogP) is 0.779. The summed E-state index contributed by atoms with van der Waals surface area (Å²) >= 11 is 3.26. The van der Waals surface area contributed by atoms with E-state index < -0.39 is 18.1 Å². The third kappa shape index (κ3) is 7.84. The minimum atomic E-state index is -1.01. The first-order chi connectivity index (χ1) is 8.52. The summed E-state index contributed by atoms with van der Waals surface area (Å²) in [5.41, 5.74) is 5.71. The average molecular weight is 294 g/mol. The minimum absolute atomic E-state index is 0.375. The van der Waals surface area contributed by atoms with Crippen molar-refractivity contribution in [3.63, 3.8) is 0 Å². The summed E-state index contributed by atoms with van der Waals surface area (Å²) in [6.07, 6.45) is 2.88. The van der Waals surface area contributed by atoms with Gasteiger partial charge in [-0.2, -0.15) is 23.5 Å². The summed E-state index contributed by atoms with van der Waals surface area (Å²) in [5.74, 6) is 1.11. The molecule has 0 aliphatic rings. The zero-order chi connectivity index (χ0) is 14.0. The Balaban J connectivity index is 4.10. The Hall–Kier alpha value is -0.400. The molecule has 0 aromatic rings. The van der Waals surface area contributed by atoms with Crippen LogP contribution in [-0.4, -0.2) is 52.6 Å². The van der Waals surface area contributed by atoms with Gasteiger partial charge < -0.3 is 16.2 Å². The van der Waals surface area contributed by atoms with Gasteiger partial charge in [0, 0.05) is 0 Å². The second-order valence-corrected chi connectivity index (χ2v) is 6.15. The third-order valence-corrected chi connectivity index (χ3v) is 3.92. The van der Waals surface area contributed by atoms with Gasteiger partial charge in [0.15, 0.2) is 0 Å². The van der Waals surface area contributed by atoms with Crippen molar-refractivity contribution in [1.82, 2.24) is 5.32 Å². The number of amides is 1. The molecular weight excluding hydrogens is 272 g/mol. The SMILES string of the molecule is CCSCC[C@H](N)C(=O)N[C@@H](CCSC)C(=O)O. The Labute approximate surface area is 117 Å². The fraction of sp³-hybridized carbons (Fsp3) is 0.818. The summed E-state index contributed by atoms with van der Waals surface area (Å²) in [7, 11) is 0. The number of carbonyl (C=O) groups excluding carboxylic acids is 1.